The van der Waals surface area contributed by atoms with Crippen molar-refractivity contribution in [3.05, 3.63) is 0 Å². The van der Waals surface area contributed by atoms with Gasteiger partial charge in [-0.2, -0.15) is 0 Å². The summed E-state index contributed by atoms with van der Waals surface area (Å²) in [7, 11) is 2.26. The van der Waals surface area contributed by atoms with Gasteiger partial charge in [-0.3, -0.25) is 19.5 Å². The summed E-state index contributed by atoms with van der Waals surface area (Å²) in [6, 6.07) is 1.79. The van der Waals surface area contributed by atoms with Crippen LogP contribution < -0.4 is 10.6 Å². The van der Waals surface area contributed by atoms with Crippen LogP contribution in [0.15, 0.2) is 4.99 Å². The van der Waals surface area contributed by atoms with Crippen molar-refractivity contribution in [2.75, 3.05) is 26.7 Å². The first kappa shape index (κ1) is 22.4. The molecule has 0 aromatic heterocycles. The van der Waals surface area contributed by atoms with E-state index in [0.717, 1.165) is 25.3 Å². The molecule has 3 fully saturated rings. The predicted octanol–water partition coefficient (Wildman–Crippen LogP) is 1.71. The third-order valence-electron chi connectivity index (χ3n) is 6.00. The van der Waals surface area contributed by atoms with Gasteiger partial charge in [0.05, 0.1) is 6.54 Å². The van der Waals surface area contributed by atoms with E-state index in [2.05, 4.69) is 34.5 Å². The molecule has 2 atom stereocenters. The highest BCUT2D eigenvalue weighted by atomic mass is 127. The molecule has 7 nitrogen and oxygen atoms in total. The minimum Gasteiger partial charge on any atom is -0.357 e. The number of fused-ring (bicyclic) bond motifs is 2. The molecule has 0 saturated carbocycles. The SMILES string of the molecule is CCNC(=NCCN1C(=O)CCCC1=O)NC1CC2CCCC(C1)N2C.I. The zero-order valence-electron chi connectivity index (χ0n) is 16.6. The number of aliphatic imine (C=N–C) groups is 1. The van der Waals surface area contributed by atoms with Gasteiger partial charge in [0.15, 0.2) is 5.96 Å². The molecule has 3 heterocycles. The third kappa shape index (κ3) is 5.79. The molecule has 154 valence electrons. The molecule has 0 radical (unpaired) electrons. The predicted molar refractivity (Wildman–Crippen MR) is 117 cm³/mol. The smallest absolute Gasteiger partial charge is 0.229 e. The number of guanidine groups is 1. The molecule has 27 heavy (non-hydrogen) atoms. The van der Waals surface area contributed by atoms with E-state index in [-0.39, 0.29) is 35.8 Å². The van der Waals surface area contributed by atoms with Crippen molar-refractivity contribution in [2.45, 2.75) is 76.4 Å². The van der Waals surface area contributed by atoms with Crippen molar-refractivity contribution in [1.29, 1.82) is 0 Å². The molecule has 2 amide bonds. The van der Waals surface area contributed by atoms with E-state index in [1.54, 1.807) is 0 Å². The maximum Gasteiger partial charge on any atom is 0.229 e. The number of amides is 2. The van der Waals surface area contributed by atoms with Crippen LogP contribution in [-0.4, -0.2) is 72.4 Å². The van der Waals surface area contributed by atoms with E-state index in [4.69, 9.17) is 0 Å². The molecular formula is C19H34IN5O2. The molecular weight excluding hydrogens is 457 g/mol. The van der Waals surface area contributed by atoms with Gasteiger partial charge in [0, 0.05) is 44.1 Å². The Morgan fingerprint density at radius 2 is 1.74 bits per heavy atom. The van der Waals surface area contributed by atoms with Crippen molar-refractivity contribution in [2.24, 2.45) is 4.99 Å². The number of halogens is 1. The molecule has 0 aromatic carbocycles. The third-order valence-corrected chi connectivity index (χ3v) is 6.00. The summed E-state index contributed by atoms with van der Waals surface area (Å²) < 4.78 is 0. The molecule has 3 aliphatic heterocycles. The summed E-state index contributed by atoms with van der Waals surface area (Å²) in [5.74, 6) is 0.687. The maximum absolute atomic E-state index is 11.9. The summed E-state index contributed by atoms with van der Waals surface area (Å²) in [4.78, 5) is 32.3. The number of rotatable bonds is 5. The molecule has 3 aliphatic rings. The second-order valence-electron chi connectivity index (χ2n) is 7.77. The van der Waals surface area contributed by atoms with Gasteiger partial charge in [-0.15, -0.1) is 24.0 Å². The van der Waals surface area contributed by atoms with Crippen LogP contribution in [0.4, 0.5) is 0 Å². The van der Waals surface area contributed by atoms with E-state index in [1.807, 2.05) is 0 Å². The van der Waals surface area contributed by atoms with Gasteiger partial charge in [-0.25, -0.2) is 0 Å². The van der Waals surface area contributed by atoms with Crippen molar-refractivity contribution >= 4 is 41.8 Å². The minimum atomic E-state index is -0.0578. The fourth-order valence-electron chi connectivity index (χ4n) is 4.56. The van der Waals surface area contributed by atoms with E-state index in [1.165, 1.54) is 24.2 Å². The molecule has 0 spiro atoms. The Labute approximate surface area is 179 Å². The van der Waals surface area contributed by atoms with Crippen molar-refractivity contribution < 1.29 is 9.59 Å². The first-order chi connectivity index (χ1) is 12.6. The first-order valence-electron chi connectivity index (χ1n) is 10.2. The zero-order valence-corrected chi connectivity index (χ0v) is 18.9. The first-order valence-corrected chi connectivity index (χ1v) is 10.2. The molecule has 3 saturated heterocycles. The Hall–Kier alpha value is -0.900. The lowest BCUT2D eigenvalue weighted by Gasteiger charge is -2.47. The number of carbonyl (C=O) groups excluding carboxylic acids is 2. The number of hydrogen-bond donors (Lipinski definition) is 2. The normalized spacial score (nSPS) is 29.3. The monoisotopic (exact) mass is 491 g/mol. The molecule has 0 aliphatic carbocycles. The van der Waals surface area contributed by atoms with Crippen LogP contribution in [0.3, 0.4) is 0 Å². The van der Waals surface area contributed by atoms with Crippen LogP contribution in [0, 0.1) is 0 Å². The Bertz CT molecular complexity index is 526. The van der Waals surface area contributed by atoms with Gasteiger partial charge in [0.1, 0.15) is 0 Å². The van der Waals surface area contributed by atoms with Crippen molar-refractivity contribution in [1.82, 2.24) is 20.4 Å². The van der Waals surface area contributed by atoms with Crippen LogP contribution in [0.5, 0.6) is 0 Å². The van der Waals surface area contributed by atoms with Crippen LogP contribution in [0.1, 0.15) is 58.3 Å². The van der Waals surface area contributed by atoms with Crippen LogP contribution in [-0.2, 0) is 9.59 Å². The van der Waals surface area contributed by atoms with Gasteiger partial charge in [0.2, 0.25) is 11.8 Å². The molecule has 0 aromatic rings. The Balaban J connectivity index is 0.00000261. The number of carbonyl (C=O) groups is 2. The van der Waals surface area contributed by atoms with Crippen molar-refractivity contribution in [3.8, 4) is 0 Å². The zero-order chi connectivity index (χ0) is 18.5. The highest BCUT2D eigenvalue weighted by molar-refractivity contribution is 14.0. The molecule has 8 heteroatoms. The molecule has 2 bridgehead atoms. The summed E-state index contributed by atoms with van der Waals surface area (Å²) >= 11 is 0. The van der Waals surface area contributed by atoms with Crippen molar-refractivity contribution in [3.63, 3.8) is 0 Å². The molecule has 2 N–H and O–H groups in total. The Morgan fingerprint density at radius 3 is 2.33 bits per heavy atom. The highest BCUT2D eigenvalue weighted by Gasteiger charge is 2.36. The summed E-state index contributed by atoms with van der Waals surface area (Å²) in [6.45, 7) is 3.68. The fourth-order valence-corrected chi connectivity index (χ4v) is 4.56. The fraction of sp³-hybridized carbons (Fsp3) is 0.842. The van der Waals surface area contributed by atoms with E-state index < -0.39 is 0 Å². The number of imide groups is 1. The lowest BCUT2D eigenvalue weighted by Crippen LogP contribution is -2.56. The van der Waals surface area contributed by atoms with Gasteiger partial charge in [0.25, 0.3) is 0 Å². The van der Waals surface area contributed by atoms with E-state index in [0.29, 0.717) is 50.5 Å². The molecule has 3 rings (SSSR count). The number of hydrogen-bond acceptors (Lipinski definition) is 4. The van der Waals surface area contributed by atoms with E-state index >= 15 is 0 Å². The lowest BCUT2D eigenvalue weighted by molar-refractivity contribution is -0.147. The Morgan fingerprint density at radius 1 is 1.11 bits per heavy atom. The maximum atomic E-state index is 11.9. The quantitative estimate of drug-likeness (QED) is 0.265. The van der Waals surface area contributed by atoms with Gasteiger partial charge in [-0.1, -0.05) is 6.42 Å². The van der Waals surface area contributed by atoms with Crippen LogP contribution >= 0.6 is 24.0 Å². The topological polar surface area (TPSA) is 77.0 Å². The summed E-state index contributed by atoms with van der Waals surface area (Å²) in [5, 5.41) is 6.89. The number of nitrogens with zero attached hydrogens (tertiary/aromatic N) is 3. The van der Waals surface area contributed by atoms with E-state index in [9.17, 15) is 9.59 Å². The number of likely N-dealkylation sites (tertiary alicyclic amines) is 1. The second-order valence-corrected chi connectivity index (χ2v) is 7.77. The van der Waals surface area contributed by atoms with Crippen LogP contribution in [0.2, 0.25) is 0 Å². The average Bonchev–Trinajstić information content (AvgIpc) is 2.58. The van der Waals surface area contributed by atoms with Crippen LogP contribution in [0.25, 0.3) is 0 Å². The van der Waals surface area contributed by atoms with Gasteiger partial charge < -0.3 is 15.5 Å². The second kappa shape index (κ2) is 10.6. The summed E-state index contributed by atoms with van der Waals surface area (Å²) in [5.41, 5.74) is 0. The van der Waals surface area contributed by atoms with Gasteiger partial charge in [-0.05, 0) is 46.1 Å². The average molecular weight is 491 g/mol. The highest BCUT2D eigenvalue weighted by Crippen LogP contribution is 2.32. The minimum absolute atomic E-state index is 0. The molecule has 2 unspecified atom stereocenters. The van der Waals surface area contributed by atoms with Gasteiger partial charge >= 0.3 is 0 Å². The number of nitrogens with one attached hydrogen (secondary N) is 2. The Kier molecular flexibility index (Phi) is 8.78. The lowest BCUT2D eigenvalue weighted by atomic mass is 9.82. The largest absolute Gasteiger partial charge is 0.357 e. The summed E-state index contributed by atoms with van der Waals surface area (Å²) in [6.07, 6.45) is 7.87. The number of piperidine rings is 3. The standard InChI is InChI=1S/C19H33N5O2.HI/c1-3-20-19(21-10-11-24-17(25)8-5-9-18(24)26)22-14-12-15-6-4-7-16(13-14)23(15)2;/h14-16H,3-13H2,1-2H3,(H2,20,21,22);1H.